The van der Waals surface area contributed by atoms with Gasteiger partial charge in [0, 0.05) is 5.02 Å². The Bertz CT molecular complexity index is 306. The van der Waals surface area contributed by atoms with Crippen LogP contribution >= 0.6 is 11.6 Å². The van der Waals surface area contributed by atoms with Crippen LogP contribution in [0, 0.1) is 11.6 Å². The third-order valence-electron chi connectivity index (χ3n) is 1.58. The highest BCUT2D eigenvalue weighted by Crippen LogP contribution is 2.20. The average molecular weight is 208 g/mol. The monoisotopic (exact) mass is 207 g/mol. The summed E-state index contributed by atoms with van der Waals surface area (Å²) >= 11 is 5.63. The van der Waals surface area contributed by atoms with Gasteiger partial charge >= 0.3 is 0 Å². The lowest BCUT2D eigenvalue weighted by Crippen LogP contribution is -2.04. The van der Waals surface area contributed by atoms with Crippen molar-refractivity contribution < 1.29 is 13.6 Å². The summed E-state index contributed by atoms with van der Waals surface area (Å²) in [5.41, 5.74) is 0.478. The van der Waals surface area contributed by atoms with Crippen molar-refractivity contribution in [3.63, 3.8) is 0 Å². The molecule has 1 aromatic rings. The van der Waals surface area contributed by atoms with E-state index in [9.17, 15) is 8.78 Å². The van der Waals surface area contributed by atoms with Crippen LogP contribution in [0.15, 0.2) is 12.1 Å². The van der Waals surface area contributed by atoms with Crippen LogP contribution in [0.5, 0.6) is 0 Å². The third kappa shape index (κ3) is 2.62. The van der Waals surface area contributed by atoms with Crippen molar-refractivity contribution in [3.05, 3.63) is 34.4 Å². The number of halogens is 3. The predicted molar refractivity (Wildman–Crippen MR) is 45.2 cm³/mol. The summed E-state index contributed by atoms with van der Waals surface area (Å²) < 4.78 is 25.2. The summed E-state index contributed by atoms with van der Waals surface area (Å²) in [6, 6.07) is 1.97. The molecular weight excluding hydrogens is 200 g/mol. The molecule has 2 N–H and O–H groups in total. The maximum Gasteiger partial charge on any atom is 0.160 e. The Morgan fingerprint density at radius 3 is 2.54 bits per heavy atom. The summed E-state index contributed by atoms with van der Waals surface area (Å²) in [5.74, 6) is 2.91. The van der Waals surface area contributed by atoms with Crippen LogP contribution < -0.4 is 5.90 Å². The molecular formula is C8H8ClF2NO. The van der Waals surface area contributed by atoms with Gasteiger partial charge in [0.15, 0.2) is 11.6 Å². The molecule has 0 atom stereocenters. The minimum absolute atomic E-state index is 0.177. The largest absolute Gasteiger partial charge is 0.304 e. The van der Waals surface area contributed by atoms with Gasteiger partial charge in [-0.05, 0) is 24.1 Å². The fourth-order valence-electron chi connectivity index (χ4n) is 0.924. The molecule has 0 saturated carbocycles. The van der Waals surface area contributed by atoms with Crippen molar-refractivity contribution >= 4 is 11.6 Å². The number of rotatable bonds is 3. The van der Waals surface area contributed by atoms with E-state index in [2.05, 4.69) is 4.84 Å². The highest BCUT2D eigenvalue weighted by atomic mass is 35.5. The molecule has 0 aliphatic rings. The highest BCUT2D eigenvalue weighted by Gasteiger charge is 2.07. The molecule has 0 unspecified atom stereocenters. The Labute approximate surface area is 79.2 Å². The van der Waals surface area contributed by atoms with Crippen LogP contribution in [0.3, 0.4) is 0 Å². The van der Waals surface area contributed by atoms with Gasteiger partial charge in [-0.1, -0.05) is 11.6 Å². The van der Waals surface area contributed by atoms with Crippen molar-refractivity contribution in [3.8, 4) is 0 Å². The van der Waals surface area contributed by atoms with E-state index in [1.165, 1.54) is 0 Å². The van der Waals surface area contributed by atoms with Gasteiger partial charge in [-0.2, -0.15) is 0 Å². The van der Waals surface area contributed by atoms with Crippen molar-refractivity contribution in [2.75, 3.05) is 6.61 Å². The van der Waals surface area contributed by atoms with Gasteiger partial charge in [0.2, 0.25) is 0 Å². The zero-order valence-corrected chi connectivity index (χ0v) is 7.44. The maximum atomic E-state index is 12.7. The quantitative estimate of drug-likeness (QED) is 0.608. The second-order valence-electron chi connectivity index (χ2n) is 2.48. The summed E-state index contributed by atoms with van der Waals surface area (Å²) in [5, 5.41) is 0.177. The molecule has 0 amide bonds. The summed E-state index contributed by atoms with van der Waals surface area (Å²) in [6.45, 7) is 0.213. The molecule has 0 heterocycles. The standard InChI is InChI=1S/C8H8ClF2NO/c9-6-4-8(11)7(10)3-5(6)1-2-13-12/h3-4H,1-2,12H2. The highest BCUT2D eigenvalue weighted by molar-refractivity contribution is 6.31. The fourth-order valence-corrected chi connectivity index (χ4v) is 1.17. The van der Waals surface area contributed by atoms with Crippen LogP contribution in [-0.2, 0) is 11.3 Å². The Morgan fingerprint density at radius 1 is 1.31 bits per heavy atom. The van der Waals surface area contributed by atoms with Crippen LogP contribution in [0.1, 0.15) is 5.56 Å². The lowest BCUT2D eigenvalue weighted by Gasteiger charge is -2.03. The van der Waals surface area contributed by atoms with Crippen molar-refractivity contribution in [1.82, 2.24) is 0 Å². The van der Waals surface area contributed by atoms with Gasteiger partial charge in [-0.15, -0.1) is 0 Å². The van der Waals surface area contributed by atoms with E-state index in [1.807, 2.05) is 0 Å². The summed E-state index contributed by atoms with van der Waals surface area (Å²) in [7, 11) is 0. The maximum absolute atomic E-state index is 12.7. The van der Waals surface area contributed by atoms with Crippen molar-refractivity contribution in [1.29, 1.82) is 0 Å². The van der Waals surface area contributed by atoms with Gasteiger partial charge in [-0.3, -0.25) is 0 Å². The SMILES string of the molecule is NOCCc1cc(F)c(F)cc1Cl. The number of hydrogen-bond acceptors (Lipinski definition) is 2. The first-order valence-electron chi connectivity index (χ1n) is 3.60. The smallest absolute Gasteiger partial charge is 0.160 e. The molecule has 0 radical (unpaired) electrons. The van der Waals surface area contributed by atoms with Crippen LogP contribution in [0.2, 0.25) is 5.02 Å². The number of hydrogen-bond donors (Lipinski definition) is 1. The molecule has 0 fully saturated rings. The topological polar surface area (TPSA) is 35.2 Å². The van der Waals surface area contributed by atoms with E-state index in [0.717, 1.165) is 12.1 Å². The zero-order chi connectivity index (χ0) is 9.84. The molecule has 2 nitrogen and oxygen atoms in total. The Kier molecular flexibility index (Phi) is 3.59. The van der Waals surface area contributed by atoms with Gasteiger partial charge in [-0.25, -0.2) is 14.7 Å². The van der Waals surface area contributed by atoms with E-state index < -0.39 is 11.6 Å². The van der Waals surface area contributed by atoms with E-state index in [0.29, 0.717) is 12.0 Å². The summed E-state index contributed by atoms with van der Waals surface area (Å²) in [4.78, 5) is 4.30. The molecule has 13 heavy (non-hydrogen) atoms. The normalized spacial score (nSPS) is 10.5. The van der Waals surface area contributed by atoms with Gasteiger partial charge in [0.05, 0.1) is 6.61 Å². The third-order valence-corrected chi connectivity index (χ3v) is 1.93. The molecule has 0 spiro atoms. The summed E-state index contributed by atoms with van der Waals surface area (Å²) in [6.07, 6.45) is 0.354. The van der Waals surface area contributed by atoms with Crippen molar-refractivity contribution in [2.45, 2.75) is 6.42 Å². The van der Waals surface area contributed by atoms with Crippen LogP contribution in [-0.4, -0.2) is 6.61 Å². The lowest BCUT2D eigenvalue weighted by molar-refractivity contribution is 0.141. The number of benzene rings is 1. The van der Waals surface area contributed by atoms with E-state index in [4.69, 9.17) is 17.5 Å². The molecule has 1 aromatic carbocycles. The zero-order valence-electron chi connectivity index (χ0n) is 6.69. The van der Waals surface area contributed by atoms with E-state index in [1.54, 1.807) is 0 Å². The Morgan fingerprint density at radius 2 is 1.92 bits per heavy atom. The first kappa shape index (κ1) is 10.4. The average Bonchev–Trinajstić information content (AvgIpc) is 2.09. The van der Waals surface area contributed by atoms with Crippen molar-refractivity contribution in [2.24, 2.45) is 5.90 Å². The molecule has 0 bridgehead atoms. The van der Waals surface area contributed by atoms with Gasteiger partial charge < -0.3 is 4.84 Å². The number of nitrogens with two attached hydrogens (primary N) is 1. The van der Waals surface area contributed by atoms with Crippen LogP contribution in [0.25, 0.3) is 0 Å². The predicted octanol–water partition coefficient (Wildman–Crippen LogP) is 2.05. The van der Waals surface area contributed by atoms with Gasteiger partial charge in [0.25, 0.3) is 0 Å². The van der Waals surface area contributed by atoms with Crippen LogP contribution in [0.4, 0.5) is 8.78 Å². The van der Waals surface area contributed by atoms with Gasteiger partial charge in [0.1, 0.15) is 0 Å². The van der Waals surface area contributed by atoms with E-state index in [-0.39, 0.29) is 11.6 Å². The van der Waals surface area contributed by atoms with E-state index >= 15 is 0 Å². The molecule has 1 rings (SSSR count). The minimum Gasteiger partial charge on any atom is -0.304 e. The second-order valence-corrected chi connectivity index (χ2v) is 2.89. The second kappa shape index (κ2) is 4.50. The molecule has 0 aliphatic heterocycles. The lowest BCUT2D eigenvalue weighted by atomic mass is 10.1. The molecule has 72 valence electrons. The molecule has 5 heteroatoms. The first-order chi connectivity index (χ1) is 6.15. The minimum atomic E-state index is -0.956. The first-order valence-corrected chi connectivity index (χ1v) is 3.98. The molecule has 0 saturated heterocycles. The Balaban J connectivity index is 2.88. The fraction of sp³-hybridized carbons (Fsp3) is 0.250. The molecule has 0 aliphatic carbocycles. The molecule has 0 aromatic heterocycles. The Hall–Kier alpha value is -0.710.